The van der Waals surface area contributed by atoms with E-state index in [0.29, 0.717) is 5.92 Å². The van der Waals surface area contributed by atoms with Crippen LogP contribution in [0.5, 0.6) is 0 Å². The lowest BCUT2D eigenvalue weighted by Gasteiger charge is -2.27. The SMILES string of the molecule is CCC(N)C(OCC1CCOCC1)c1ccc(C)s1. The van der Waals surface area contributed by atoms with Crippen LogP contribution in [0.25, 0.3) is 0 Å². The Hall–Kier alpha value is -0.420. The van der Waals surface area contributed by atoms with E-state index < -0.39 is 0 Å². The number of ether oxygens (including phenoxy) is 2. The molecule has 2 atom stereocenters. The number of nitrogens with two attached hydrogens (primary N) is 1. The number of aryl methyl sites for hydroxylation is 1. The van der Waals surface area contributed by atoms with E-state index in [2.05, 4.69) is 26.0 Å². The van der Waals surface area contributed by atoms with Crippen LogP contribution < -0.4 is 5.73 Å². The molecule has 0 bridgehead atoms. The fourth-order valence-corrected chi connectivity index (χ4v) is 3.39. The van der Waals surface area contributed by atoms with Gasteiger partial charge in [0.25, 0.3) is 0 Å². The summed E-state index contributed by atoms with van der Waals surface area (Å²) < 4.78 is 11.5. The highest BCUT2D eigenvalue weighted by atomic mass is 32.1. The average molecular weight is 283 g/mol. The summed E-state index contributed by atoms with van der Waals surface area (Å²) in [5.74, 6) is 0.626. The molecule has 2 heterocycles. The molecule has 1 aromatic rings. The van der Waals surface area contributed by atoms with Crippen molar-refractivity contribution in [3.8, 4) is 0 Å². The van der Waals surface area contributed by atoms with Gasteiger partial charge in [-0.25, -0.2) is 0 Å². The van der Waals surface area contributed by atoms with Crippen molar-refractivity contribution in [2.75, 3.05) is 19.8 Å². The summed E-state index contributed by atoms with van der Waals surface area (Å²) in [7, 11) is 0. The van der Waals surface area contributed by atoms with Crippen LogP contribution in [0.3, 0.4) is 0 Å². The molecule has 19 heavy (non-hydrogen) atoms. The van der Waals surface area contributed by atoms with Gasteiger partial charge in [-0.1, -0.05) is 6.92 Å². The van der Waals surface area contributed by atoms with Gasteiger partial charge in [-0.2, -0.15) is 0 Å². The van der Waals surface area contributed by atoms with Gasteiger partial charge in [-0.3, -0.25) is 0 Å². The molecule has 4 heteroatoms. The van der Waals surface area contributed by atoms with E-state index in [1.807, 2.05) is 0 Å². The van der Waals surface area contributed by atoms with E-state index in [1.54, 1.807) is 11.3 Å². The van der Waals surface area contributed by atoms with Crippen molar-refractivity contribution >= 4 is 11.3 Å². The molecule has 2 unspecified atom stereocenters. The molecule has 1 aliphatic heterocycles. The Morgan fingerprint density at radius 3 is 2.74 bits per heavy atom. The van der Waals surface area contributed by atoms with E-state index in [4.69, 9.17) is 15.2 Å². The standard InChI is InChI=1S/C15H25NO2S/c1-3-13(16)15(14-5-4-11(2)19-14)18-10-12-6-8-17-9-7-12/h4-5,12-13,15H,3,6-10,16H2,1-2H3. The van der Waals surface area contributed by atoms with Gasteiger partial charge in [-0.05, 0) is 44.2 Å². The number of hydrogen-bond acceptors (Lipinski definition) is 4. The van der Waals surface area contributed by atoms with Crippen LogP contribution in [0.1, 0.15) is 42.0 Å². The molecule has 1 fully saturated rings. The highest BCUT2D eigenvalue weighted by Crippen LogP contribution is 2.30. The summed E-state index contributed by atoms with van der Waals surface area (Å²) in [4.78, 5) is 2.58. The second kappa shape index (κ2) is 7.39. The summed E-state index contributed by atoms with van der Waals surface area (Å²) in [6.07, 6.45) is 3.20. The van der Waals surface area contributed by atoms with Gasteiger partial charge in [0.1, 0.15) is 6.10 Å². The van der Waals surface area contributed by atoms with Crippen LogP contribution in [0, 0.1) is 12.8 Å². The predicted molar refractivity (Wildman–Crippen MR) is 79.6 cm³/mol. The van der Waals surface area contributed by atoms with Gasteiger partial charge < -0.3 is 15.2 Å². The first-order chi connectivity index (χ1) is 9.20. The first-order valence-electron chi connectivity index (χ1n) is 7.22. The average Bonchev–Trinajstić information content (AvgIpc) is 2.86. The Bertz CT molecular complexity index is 374. The maximum absolute atomic E-state index is 6.23. The van der Waals surface area contributed by atoms with E-state index in [0.717, 1.165) is 39.1 Å². The minimum absolute atomic E-state index is 0.0477. The Morgan fingerprint density at radius 1 is 1.42 bits per heavy atom. The molecule has 2 rings (SSSR count). The van der Waals surface area contributed by atoms with Crippen LogP contribution >= 0.6 is 11.3 Å². The number of rotatable bonds is 6. The highest BCUT2D eigenvalue weighted by molar-refractivity contribution is 7.12. The quantitative estimate of drug-likeness (QED) is 0.871. The lowest BCUT2D eigenvalue weighted by atomic mass is 10.0. The smallest absolute Gasteiger partial charge is 0.107 e. The van der Waals surface area contributed by atoms with E-state index >= 15 is 0 Å². The Labute approximate surface area is 120 Å². The molecule has 1 aliphatic rings. The topological polar surface area (TPSA) is 44.5 Å². The van der Waals surface area contributed by atoms with Gasteiger partial charge in [0, 0.05) is 29.0 Å². The minimum atomic E-state index is 0.0477. The van der Waals surface area contributed by atoms with Crippen LogP contribution in [-0.4, -0.2) is 25.9 Å². The van der Waals surface area contributed by atoms with Crippen molar-refractivity contribution < 1.29 is 9.47 Å². The van der Waals surface area contributed by atoms with E-state index in [9.17, 15) is 0 Å². The van der Waals surface area contributed by atoms with E-state index in [-0.39, 0.29) is 12.1 Å². The zero-order chi connectivity index (χ0) is 13.7. The molecule has 1 aromatic heterocycles. The molecule has 0 amide bonds. The lowest BCUT2D eigenvalue weighted by molar-refractivity contribution is -0.0198. The van der Waals surface area contributed by atoms with Crippen molar-refractivity contribution in [3.05, 3.63) is 21.9 Å². The fraction of sp³-hybridized carbons (Fsp3) is 0.733. The zero-order valence-corrected chi connectivity index (χ0v) is 12.7. The Morgan fingerprint density at radius 2 is 2.16 bits per heavy atom. The molecule has 2 N–H and O–H groups in total. The first-order valence-corrected chi connectivity index (χ1v) is 8.03. The highest BCUT2D eigenvalue weighted by Gasteiger charge is 2.23. The van der Waals surface area contributed by atoms with Gasteiger partial charge in [0.15, 0.2) is 0 Å². The summed E-state index contributed by atoms with van der Waals surface area (Å²) >= 11 is 1.80. The van der Waals surface area contributed by atoms with Crippen molar-refractivity contribution in [3.63, 3.8) is 0 Å². The van der Waals surface area contributed by atoms with Crippen LogP contribution in [0.2, 0.25) is 0 Å². The minimum Gasteiger partial charge on any atom is -0.381 e. The zero-order valence-electron chi connectivity index (χ0n) is 11.9. The molecule has 0 saturated carbocycles. The monoisotopic (exact) mass is 283 g/mol. The normalized spacial score (nSPS) is 20.4. The third kappa shape index (κ3) is 4.28. The predicted octanol–water partition coefficient (Wildman–Crippen LogP) is 3.28. The molecule has 0 spiro atoms. The summed E-state index contributed by atoms with van der Waals surface area (Å²) in [6, 6.07) is 4.38. The van der Waals surface area contributed by atoms with E-state index in [1.165, 1.54) is 9.75 Å². The third-order valence-corrected chi connectivity index (χ3v) is 4.82. The maximum Gasteiger partial charge on any atom is 0.107 e. The van der Waals surface area contributed by atoms with Crippen molar-refractivity contribution in [1.82, 2.24) is 0 Å². The summed E-state index contributed by atoms with van der Waals surface area (Å²) in [6.45, 7) is 6.79. The molecular formula is C15H25NO2S. The molecule has 3 nitrogen and oxygen atoms in total. The largest absolute Gasteiger partial charge is 0.381 e. The third-order valence-electron chi connectivity index (χ3n) is 3.75. The van der Waals surface area contributed by atoms with Gasteiger partial charge in [-0.15, -0.1) is 11.3 Å². The number of hydrogen-bond donors (Lipinski definition) is 1. The number of thiophene rings is 1. The Balaban J connectivity index is 1.93. The molecule has 108 valence electrons. The molecule has 0 radical (unpaired) electrons. The van der Waals surface area contributed by atoms with Crippen LogP contribution in [-0.2, 0) is 9.47 Å². The summed E-state index contributed by atoms with van der Waals surface area (Å²) in [5, 5.41) is 0. The van der Waals surface area contributed by atoms with Gasteiger partial charge >= 0.3 is 0 Å². The summed E-state index contributed by atoms with van der Waals surface area (Å²) in [5.41, 5.74) is 6.23. The molecule has 1 saturated heterocycles. The van der Waals surface area contributed by atoms with Crippen LogP contribution in [0.15, 0.2) is 12.1 Å². The second-order valence-corrected chi connectivity index (χ2v) is 6.65. The van der Waals surface area contributed by atoms with Crippen molar-refractivity contribution in [2.45, 2.75) is 45.3 Å². The first kappa shape index (κ1) is 15.0. The van der Waals surface area contributed by atoms with Crippen molar-refractivity contribution in [1.29, 1.82) is 0 Å². The molecule has 0 aromatic carbocycles. The lowest BCUT2D eigenvalue weighted by Crippen LogP contribution is -2.31. The van der Waals surface area contributed by atoms with Gasteiger partial charge in [0.2, 0.25) is 0 Å². The maximum atomic E-state index is 6.23. The molecule has 0 aliphatic carbocycles. The Kier molecular flexibility index (Phi) is 5.82. The molecular weight excluding hydrogens is 258 g/mol. The van der Waals surface area contributed by atoms with Gasteiger partial charge in [0.05, 0.1) is 6.61 Å². The van der Waals surface area contributed by atoms with Crippen molar-refractivity contribution in [2.24, 2.45) is 11.7 Å². The van der Waals surface area contributed by atoms with Crippen LogP contribution in [0.4, 0.5) is 0 Å². The fourth-order valence-electron chi connectivity index (χ4n) is 2.39. The second-order valence-electron chi connectivity index (χ2n) is 5.33.